The van der Waals surface area contributed by atoms with Crippen molar-refractivity contribution < 1.29 is 30.2 Å². The molecule has 0 aliphatic carbocycles. The van der Waals surface area contributed by atoms with E-state index >= 15 is 0 Å². The zero-order valence-corrected chi connectivity index (χ0v) is 4.09. The van der Waals surface area contributed by atoms with Crippen molar-refractivity contribution in [3.05, 3.63) is 0 Å². The number of phosphoric acid groups is 1. The zero-order valence-electron chi connectivity index (χ0n) is 3.20. The average Bonchev–Trinajstić information content (AvgIpc) is 0.722. The maximum atomic E-state index is 8.88. The van der Waals surface area contributed by atoms with Gasteiger partial charge < -0.3 is 25.6 Å². The molecule has 0 saturated heterocycles. The third-order valence-corrected chi connectivity index (χ3v) is 0. The Morgan fingerprint density at radius 1 is 0.727 bits per heavy atom. The summed E-state index contributed by atoms with van der Waals surface area (Å²) in [7, 11) is -4.64. The molecule has 0 unspecified atom stereocenters. The molecule has 6 nitrogen and oxygen atoms in total. The van der Waals surface area contributed by atoms with Gasteiger partial charge in [0.15, 0.2) is 0 Å². The Morgan fingerprint density at radius 3 is 0.727 bits per heavy atom. The first-order valence-electron chi connectivity index (χ1n) is 0.783. The summed E-state index contributed by atoms with van der Waals surface area (Å²) in [5.41, 5.74) is 0. The molecule has 0 amide bonds. The van der Waals surface area contributed by atoms with Crippen LogP contribution in [0.4, 0.5) is 0 Å². The predicted molar refractivity (Wildman–Crippen MR) is 50.1 cm³/mol. The van der Waals surface area contributed by atoms with Crippen LogP contribution in [0.1, 0.15) is 0 Å². The fourth-order valence-electron chi connectivity index (χ4n) is 0. The molecule has 0 aliphatic rings. The molecular formula is H11Na4O6P. The van der Waals surface area contributed by atoms with Crippen LogP contribution in [-0.4, -0.2) is 144 Å². The molecule has 7 N–H and O–H groups in total. The quantitative estimate of drug-likeness (QED) is 0.282. The first-order chi connectivity index (χ1) is 2.00. The third-order valence-electron chi connectivity index (χ3n) is 0. The second-order valence-electron chi connectivity index (χ2n) is 0.513. The monoisotopic (exact) mass is 230 g/mol. The van der Waals surface area contributed by atoms with E-state index in [1.165, 1.54) is 0 Å². The van der Waals surface area contributed by atoms with Gasteiger partial charge in [-0.2, -0.15) is 0 Å². The number of hydrogen-bond acceptors (Lipinski definition) is 1. The topological polar surface area (TPSA) is 141 Å². The van der Waals surface area contributed by atoms with Gasteiger partial charge in [-0.3, -0.25) is 0 Å². The minimum atomic E-state index is -4.64. The van der Waals surface area contributed by atoms with Crippen molar-refractivity contribution in [3.63, 3.8) is 0 Å². The van der Waals surface area contributed by atoms with Crippen LogP contribution in [0.5, 0.6) is 0 Å². The summed E-state index contributed by atoms with van der Waals surface area (Å²) in [5.74, 6) is 0. The van der Waals surface area contributed by atoms with E-state index in [9.17, 15) is 0 Å². The van der Waals surface area contributed by atoms with Crippen LogP contribution in [0.25, 0.3) is 0 Å². The summed E-state index contributed by atoms with van der Waals surface area (Å²) in [6.07, 6.45) is 0. The molecule has 0 aromatic rings. The second-order valence-corrected chi connectivity index (χ2v) is 1.54. The Hall–Kier alpha value is 4.03. The van der Waals surface area contributed by atoms with E-state index in [4.69, 9.17) is 19.2 Å². The van der Waals surface area contributed by atoms with Gasteiger partial charge in [0.25, 0.3) is 0 Å². The molecule has 0 heterocycles. The summed E-state index contributed by atoms with van der Waals surface area (Å²) < 4.78 is 8.88. The van der Waals surface area contributed by atoms with Gasteiger partial charge in [0, 0.05) is 0 Å². The molecule has 0 spiro atoms. The first-order valence-corrected chi connectivity index (χ1v) is 2.35. The van der Waals surface area contributed by atoms with Crippen LogP contribution in [-0.2, 0) is 4.57 Å². The van der Waals surface area contributed by atoms with Crippen molar-refractivity contribution in [1.29, 1.82) is 0 Å². The van der Waals surface area contributed by atoms with E-state index in [0.29, 0.717) is 0 Å². The molecule has 0 bridgehead atoms. The molecular weight excluding hydrogens is 219 g/mol. The van der Waals surface area contributed by atoms with Gasteiger partial charge in [-0.25, -0.2) is 4.57 Å². The van der Waals surface area contributed by atoms with E-state index in [1.54, 1.807) is 0 Å². The molecule has 0 aromatic carbocycles. The summed E-state index contributed by atoms with van der Waals surface area (Å²) in [4.78, 5) is 21.6. The molecule has 0 aliphatic heterocycles. The molecule has 11 heteroatoms. The Morgan fingerprint density at radius 2 is 0.727 bits per heavy atom. The standard InChI is InChI=1S/4Na.H3O4P.2H2O.4H/c;;;;1-5(2,3)4;;;;;;/h;;;;(H3,1,2,3,4);2*1H2;;;;. The van der Waals surface area contributed by atoms with Gasteiger partial charge in [0.1, 0.15) is 0 Å². The van der Waals surface area contributed by atoms with Gasteiger partial charge in [-0.05, 0) is 0 Å². The van der Waals surface area contributed by atoms with Crippen LogP contribution in [0.3, 0.4) is 0 Å². The van der Waals surface area contributed by atoms with Gasteiger partial charge in [0.05, 0.1) is 0 Å². The molecule has 0 atom stereocenters. The van der Waals surface area contributed by atoms with Crippen molar-refractivity contribution in [2.45, 2.75) is 0 Å². The molecule has 0 radical (unpaired) electrons. The Balaban J connectivity index is -0.00000000533. The summed E-state index contributed by atoms with van der Waals surface area (Å²) in [5, 5.41) is 0. The minimum absolute atomic E-state index is 0. The van der Waals surface area contributed by atoms with Gasteiger partial charge in [0.2, 0.25) is 0 Å². The fourth-order valence-corrected chi connectivity index (χ4v) is 0. The molecule has 0 saturated carbocycles. The van der Waals surface area contributed by atoms with E-state index in [2.05, 4.69) is 0 Å². The zero-order chi connectivity index (χ0) is 4.50. The average molecular weight is 230 g/mol. The Labute approximate surface area is 153 Å². The van der Waals surface area contributed by atoms with Crippen LogP contribution in [0, 0.1) is 0 Å². The SMILES string of the molecule is O.O.O=P(O)(O)O.[NaH].[NaH].[NaH].[NaH]. The van der Waals surface area contributed by atoms with Crippen molar-refractivity contribution in [2.75, 3.05) is 0 Å². The summed E-state index contributed by atoms with van der Waals surface area (Å²) >= 11 is 0. The first kappa shape index (κ1) is 45.9. The Bertz CT molecular complexity index is 60.7. The van der Waals surface area contributed by atoms with E-state index in [1.807, 2.05) is 0 Å². The predicted octanol–water partition coefficient (Wildman–Crippen LogP) is -5.17. The van der Waals surface area contributed by atoms with Crippen LogP contribution in [0.2, 0.25) is 0 Å². The van der Waals surface area contributed by atoms with Crippen molar-refractivity contribution in [3.8, 4) is 0 Å². The van der Waals surface area contributed by atoms with Crippen molar-refractivity contribution >= 4 is 126 Å². The third kappa shape index (κ3) is 125. The van der Waals surface area contributed by atoms with Crippen molar-refractivity contribution in [1.82, 2.24) is 0 Å². The maximum absolute atomic E-state index is 8.88. The molecule has 11 heavy (non-hydrogen) atoms. The molecule has 0 fully saturated rings. The molecule has 56 valence electrons. The fraction of sp³-hybridized carbons (Fsp3) is 0. The van der Waals surface area contributed by atoms with E-state index in [-0.39, 0.29) is 129 Å². The Kier molecular flexibility index (Phi) is 98.8. The number of hydrogen-bond donors (Lipinski definition) is 3. The summed E-state index contributed by atoms with van der Waals surface area (Å²) in [6, 6.07) is 0. The van der Waals surface area contributed by atoms with Gasteiger partial charge >= 0.3 is 126 Å². The normalized spacial score (nSPS) is 5.36. The van der Waals surface area contributed by atoms with E-state index in [0.717, 1.165) is 0 Å². The van der Waals surface area contributed by atoms with Crippen LogP contribution in [0.15, 0.2) is 0 Å². The van der Waals surface area contributed by atoms with Gasteiger partial charge in [-0.15, -0.1) is 0 Å². The van der Waals surface area contributed by atoms with Crippen LogP contribution >= 0.6 is 7.82 Å². The second kappa shape index (κ2) is 23.7. The molecule has 0 rings (SSSR count). The van der Waals surface area contributed by atoms with Crippen molar-refractivity contribution in [2.24, 2.45) is 0 Å². The number of rotatable bonds is 0. The molecule has 0 aromatic heterocycles. The van der Waals surface area contributed by atoms with Crippen LogP contribution < -0.4 is 0 Å². The summed E-state index contributed by atoms with van der Waals surface area (Å²) in [6.45, 7) is 0. The van der Waals surface area contributed by atoms with E-state index < -0.39 is 7.82 Å². The van der Waals surface area contributed by atoms with Gasteiger partial charge in [-0.1, -0.05) is 0 Å².